The summed E-state index contributed by atoms with van der Waals surface area (Å²) in [6.07, 6.45) is 7.61. The maximum Gasteiger partial charge on any atom is 0.320 e. The van der Waals surface area contributed by atoms with E-state index in [0.29, 0.717) is 5.92 Å². The number of piperazine rings is 1. The Balaban J connectivity index is 1.19. The molecule has 0 radical (unpaired) electrons. The number of carbonyl (C=O) groups is 1. The van der Waals surface area contributed by atoms with Crippen LogP contribution in [0.25, 0.3) is 11.1 Å². The Bertz CT molecular complexity index is 1300. The zero-order chi connectivity index (χ0) is 26.0. The predicted octanol–water partition coefficient (Wildman–Crippen LogP) is 5.16. The second-order valence-electron chi connectivity index (χ2n) is 11.4. The molecule has 1 spiro atoms. The van der Waals surface area contributed by atoms with Crippen LogP contribution in [0.5, 0.6) is 0 Å². The topological polar surface area (TPSA) is 57.6 Å². The standard InChI is InChI=1S/C32H38N4O2/c37-30-21-27(25-9-3-1-4-10-25)13-18-34(30)23-28-14-19-35(24-32(28)15-7-8-16-32)31(38)36-20-17-33-22-29(36)26-11-5-2-6-12-26/h1-6,9-13,18,21,28-29,33H,7-8,14-17,19-20,22-24H2/t28-,29?/m1/s1. The molecule has 3 heterocycles. The van der Waals surface area contributed by atoms with E-state index >= 15 is 0 Å². The monoisotopic (exact) mass is 510 g/mol. The van der Waals surface area contributed by atoms with Gasteiger partial charge < -0.3 is 19.7 Å². The third kappa shape index (κ3) is 4.90. The average Bonchev–Trinajstić information content (AvgIpc) is 3.44. The van der Waals surface area contributed by atoms with E-state index in [1.54, 1.807) is 6.07 Å². The van der Waals surface area contributed by atoms with Crippen LogP contribution in [0.15, 0.2) is 83.8 Å². The number of carbonyl (C=O) groups excluding carboxylic acids is 1. The lowest BCUT2D eigenvalue weighted by Gasteiger charge is -2.49. The quantitative estimate of drug-likeness (QED) is 0.527. The highest BCUT2D eigenvalue weighted by Crippen LogP contribution is 2.49. The van der Waals surface area contributed by atoms with E-state index in [1.165, 1.54) is 18.4 Å². The van der Waals surface area contributed by atoms with Crippen LogP contribution in [-0.4, -0.2) is 53.1 Å². The molecule has 6 nitrogen and oxygen atoms in total. The van der Waals surface area contributed by atoms with Gasteiger partial charge in [-0.2, -0.15) is 0 Å². The lowest BCUT2D eigenvalue weighted by Crippen LogP contribution is -2.58. The van der Waals surface area contributed by atoms with Crippen molar-refractivity contribution in [3.05, 3.63) is 94.9 Å². The Morgan fingerprint density at radius 3 is 2.39 bits per heavy atom. The largest absolute Gasteiger partial charge is 0.324 e. The number of piperidine rings is 1. The Morgan fingerprint density at radius 2 is 1.66 bits per heavy atom. The molecule has 38 heavy (non-hydrogen) atoms. The molecular weight excluding hydrogens is 472 g/mol. The second-order valence-corrected chi connectivity index (χ2v) is 11.4. The van der Waals surface area contributed by atoms with Gasteiger partial charge in [0.15, 0.2) is 0 Å². The summed E-state index contributed by atoms with van der Waals surface area (Å²) in [4.78, 5) is 31.3. The van der Waals surface area contributed by atoms with E-state index in [4.69, 9.17) is 0 Å². The summed E-state index contributed by atoms with van der Waals surface area (Å²) in [6, 6.07) is 24.5. The van der Waals surface area contributed by atoms with Crippen LogP contribution in [0.4, 0.5) is 4.79 Å². The normalized spacial score (nSPS) is 23.1. The fourth-order valence-corrected chi connectivity index (χ4v) is 7.09. The molecule has 3 fully saturated rings. The number of likely N-dealkylation sites (tertiary alicyclic amines) is 1. The second kappa shape index (κ2) is 10.8. The van der Waals surface area contributed by atoms with Crippen LogP contribution in [0.1, 0.15) is 43.7 Å². The van der Waals surface area contributed by atoms with Gasteiger partial charge in [-0.3, -0.25) is 4.79 Å². The highest BCUT2D eigenvalue weighted by atomic mass is 16.2. The number of nitrogens with one attached hydrogen (secondary N) is 1. The highest BCUT2D eigenvalue weighted by molar-refractivity contribution is 5.75. The van der Waals surface area contributed by atoms with Crippen LogP contribution in [0, 0.1) is 11.3 Å². The van der Waals surface area contributed by atoms with Crippen molar-refractivity contribution in [2.75, 3.05) is 32.7 Å². The van der Waals surface area contributed by atoms with Crippen molar-refractivity contribution >= 4 is 6.03 Å². The summed E-state index contributed by atoms with van der Waals surface area (Å²) in [5.41, 5.74) is 3.38. The molecule has 1 unspecified atom stereocenters. The highest BCUT2D eigenvalue weighted by Gasteiger charge is 2.47. The lowest BCUT2D eigenvalue weighted by atomic mass is 9.69. The summed E-state index contributed by atoms with van der Waals surface area (Å²) in [5.74, 6) is 0.405. The number of pyridine rings is 1. The van der Waals surface area contributed by atoms with Gasteiger partial charge in [-0.25, -0.2) is 4.79 Å². The van der Waals surface area contributed by atoms with Crippen molar-refractivity contribution in [1.29, 1.82) is 0 Å². The zero-order valence-corrected chi connectivity index (χ0v) is 22.1. The third-order valence-electron chi connectivity index (χ3n) is 9.18. The Labute approximate surface area is 225 Å². The van der Waals surface area contributed by atoms with Crippen molar-refractivity contribution in [1.82, 2.24) is 19.7 Å². The van der Waals surface area contributed by atoms with Gasteiger partial charge in [-0.05, 0) is 53.4 Å². The Morgan fingerprint density at radius 1 is 0.921 bits per heavy atom. The first kappa shape index (κ1) is 24.9. The number of amides is 2. The molecule has 3 aliphatic rings. The minimum Gasteiger partial charge on any atom is -0.324 e. The van der Waals surface area contributed by atoms with Crippen LogP contribution in [0.2, 0.25) is 0 Å². The maximum atomic E-state index is 13.9. The molecule has 6 rings (SSSR count). The first-order chi connectivity index (χ1) is 18.6. The molecule has 0 bridgehead atoms. The lowest BCUT2D eigenvalue weighted by molar-refractivity contribution is 0.0235. The van der Waals surface area contributed by atoms with Crippen LogP contribution in [-0.2, 0) is 6.54 Å². The van der Waals surface area contributed by atoms with Gasteiger partial charge in [0.2, 0.25) is 0 Å². The molecule has 1 N–H and O–H groups in total. The summed E-state index contributed by atoms with van der Waals surface area (Å²) in [6.45, 7) is 4.65. The SMILES string of the molecule is O=C(N1CC[C@H](Cn2ccc(-c3ccccc3)cc2=O)C2(CCCC2)C1)N1CCNCC1c1ccccc1. The summed E-state index contributed by atoms with van der Waals surface area (Å²) in [5, 5.41) is 3.48. The number of nitrogens with zero attached hydrogens (tertiary/aromatic N) is 3. The van der Waals surface area contributed by atoms with E-state index in [0.717, 1.165) is 69.7 Å². The van der Waals surface area contributed by atoms with Crippen molar-refractivity contribution in [2.45, 2.75) is 44.7 Å². The molecule has 1 aliphatic carbocycles. The fraction of sp³-hybridized carbons (Fsp3) is 0.438. The van der Waals surface area contributed by atoms with E-state index < -0.39 is 0 Å². The molecule has 2 aromatic carbocycles. The van der Waals surface area contributed by atoms with Gasteiger partial charge in [0, 0.05) is 51.5 Å². The first-order valence-corrected chi connectivity index (χ1v) is 14.2. The van der Waals surface area contributed by atoms with Crippen molar-refractivity contribution < 1.29 is 4.79 Å². The zero-order valence-electron chi connectivity index (χ0n) is 22.1. The molecule has 1 aromatic heterocycles. The van der Waals surface area contributed by atoms with E-state index in [-0.39, 0.29) is 23.0 Å². The summed E-state index contributed by atoms with van der Waals surface area (Å²) in [7, 11) is 0. The third-order valence-corrected chi connectivity index (χ3v) is 9.18. The molecule has 2 atom stereocenters. The van der Waals surface area contributed by atoms with Gasteiger partial charge >= 0.3 is 6.03 Å². The van der Waals surface area contributed by atoms with Crippen molar-refractivity contribution in [3.8, 4) is 11.1 Å². The van der Waals surface area contributed by atoms with E-state index in [2.05, 4.69) is 45.4 Å². The van der Waals surface area contributed by atoms with E-state index in [1.807, 2.05) is 47.2 Å². The number of aromatic nitrogens is 1. The summed E-state index contributed by atoms with van der Waals surface area (Å²) >= 11 is 0. The van der Waals surface area contributed by atoms with Crippen LogP contribution in [0.3, 0.4) is 0 Å². The minimum atomic E-state index is 0.0597. The van der Waals surface area contributed by atoms with Gasteiger partial charge in [-0.1, -0.05) is 73.5 Å². The molecule has 2 aliphatic heterocycles. The van der Waals surface area contributed by atoms with Gasteiger partial charge in [0.1, 0.15) is 0 Å². The van der Waals surface area contributed by atoms with Crippen LogP contribution >= 0.6 is 0 Å². The predicted molar refractivity (Wildman–Crippen MR) is 151 cm³/mol. The molecular formula is C32H38N4O2. The molecule has 1 saturated carbocycles. The van der Waals surface area contributed by atoms with E-state index in [9.17, 15) is 9.59 Å². The number of rotatable bonds is 4. The first-order valence-electron chi connectivity index (χ1n) is 14.2. The maximum absolute atomic E-state index is 13.9. The van der Waals surface area contributed by atoms with Gasteiger partial charge in [0.05, 0.1) is 6.04 Å². The average molecular weight is 511 g/mol. The minimum absolute atomic E-state index is 0.0597. The Kier molecular flexibility index (Phi) is 7.07. The van der Waals surface area contributed by atoms with Gasteiger partial charge in [0.25, 0.3) is 5.56 Å². The number of urea groups is 1. The Hall–Kier alpha value is -3.38. The molecule has 2 amide bonds. The molecule has 2 saturated heterocycles. The fourth-order valence-electron chi connectivity index (χ4n) is 7.09. The summed E-state index contributed by atoms with van der Waals surface area (Å²) < 4.78 is 1.90. The van der Waals surface area contributed by atoms with Crippen molar-refractivity contribution in [3.63, 3.8) is 0 Å². The smallest absolute Gasteiger partial charge is 0.320 e. The number of hydrogen-bond acceptors (Lipinski definition) is 3. The van der Waals surface area contributed by atoms with Crippen LogP contribution < -0.4 is 10.9 Å². The van der Waals surface area contributed by atoms with Crippen molar-refractivity contribution in [2.24, 2.45) is 11.3 Å². The number of hydrogen-bond donors (Lipinski definition) is 1. The molecule has 6 heteroatoms. The number of benzene rings is 2. The molecule has 3 aromatic rings. The molecule has 198 valence electrons. The van der Waals surface area contributed by atoms with Gasteiger partial charge in [-0.15, -0.1) is 0 Å².